The van der Waals surface area contributed by atoms with E-state index in [9.17, 15) is 9.18 Å². The Morgan fingerprint density at radius 2 is 2.10 bits per heavy atom. The van der Waals surface area contributed by atoms with Gasteiger partial charge in [0.05, 0.1) is 17.4 Å². The van der Waals surface area contributed by atoms with Gasteiger partial charge < -0.3 is 9.88 Å². The average molecular weight is 269 g/mol. The van der Waals surface area contributed by atoms with Crippen molar-refractivity contribution < 1.29 is 9.18 Å². The highest BCUT2D eigenvalue weighted by molar-refractivity contribution is 6.07. The summed E-state index contributed by atoms with van der Waals surface area (Å²) >= 11 is 0. The Hall–Kier alpha value is -2.69. The normalized spacial score (nSPS) is 10.7. The maximum Gasteiger partial charge on any atom is 0.258 e. The van der Waals surface area contributed by atoms with E-state index in [2.05, 4.69) is 9.97 Å². The van der Waals surface area contributed by atoms with Gasteiger partial charge in [0.15, 0.2) is 0 Å². The Kier molecular flexibility index (Phi) is 2.95. The van der Waals surface area contributed by atoms with Crippen molar-refractivity contribution >= 4 is 22.6 Å². The van der Waals surface area contributed by atoms with Crippen LogP contribution in [0.25, 0.3) is 11.0 Å². The van der Waals surface area contributed by atoms with E-state index in [1.807, 2.05) is 0 Å². The minimum atomic E-state index is -0.369. The monoisotopic (exact) mass is 269 g/mol. The van der Waals surface area contributed by atoms with Gasteiger partial charge in [0, 0.05) is 18.3 Å². The van der Waals surface area contributed by atoms with E-state index >= 15 is 0 Å². The lowest BCUT2D eigenvalue weighted by Crippen LogP contribution is -2.26. The predicted molar refractivity (Wildman–Crippen MR) is 75.2 cm³/mol. The maximum atomic E-state index is 13.2. The zero-order chi connectivity index (χ0) is 14.1. The number of amides is 1. The molecule has 5 heteroatoms. The number of benzene rings is 2. The Morgan fingerprint density at radius 1 is 1.25 bits per heavy atom. The van der Waals surface area contributed by atoms with Crippen LogP contribution in [0, 0.1) is 5.82 Å². The maximum absolute atomic E-state index is 13.2. The Labute approximate surface area is 114 Å². The number of rotatable bonds is 2. The third kappa shape index (κ3) is 2.14. The van der Waals surface area contributed by atoms with E-state index in [0.717, 1.165) is 11.0 Å². The summed E-state index contributed by atoms with van der Waals surface area (Å²) in [5, 5.41) is 0. The summed E-state index contributed by atoms with van der Waals surface area (Å²) in [4.78, 5) is 20.9. The molecule has 0 aliphatic rings. The highest BCUT2D eigenvalue weighted by Gasteiger charge is 2.14. The lowest BCUT2D eigenvalue weighted by atomic mass is 10.1. The van der Waals surface area contributed by atoms with Crippen LogP contribution in [-0.2, 0) is 0 Å². The quantitative estimate of drug-likeness (QED) is 0.777. The molecule has 4 nitrogen and oxygen atoms in total. The number of nitrogens with one attached hydrogen (secondary N) is 1. The number of carbonyl (C=O) groups is 1. The van der Waals surface area contributed by atoms with Crippen molar-refractivity contribution in [2.75, 3.05) is 11.9 Å². The van der Waals surface area contributed by atoms with Crippen LogP contribution in [0.4, 0.5) is 10.1 Å². The summed E-state index contributed by atoms with van der Waals surface area (Å²) in [7, 11) is 1.62. The number of hydrogen-bond donors (Lipinski definition) is 1. The number of aromatic nitrogens is 2. The number of anilines is 1. The van der Waals surface area contributed by atoms with Gasteiger partial charge in [-0.3, -0.25) is 4.79 Å². The highest BCUT2D eigenvalue weighted by Crippen LogP contribution is 2.18. The van der Waals surface area contributed by atoms with Gasteiger partial charge >= 0.3 is 0 Å². The number of fused-ring (bicyclic) bond motifs is 1. The summed E-state index contributed by atoms with van der Waals surface area (Å²) < 4.78 is 13.2. The van der Waals surface area contributed by atoms with Crippen molar-refractivity contribution in [2.45, 2.75) is 0 Å². The number of carbonyl (C=O) groups excluding carboxylic acids is 1. The zero-order valence-corrected chi connectivity index (χ0v) is 10.8. The van der Waals surface area contributed by atoms with Crippen LogP contribution in [0.3, 0.4) is 0 Å². The average Bonchev–Trinajstić information content (AvgIpc) is 2.93. The van der Waals surface area contributed by atoms with Gasteiger partial charge in [0.2, 0.25) is 0 Å². The predicted octanol–water partition coefficient (Wildman–Crippen LogP) is 2.98. The number of halogens is 1. The van der Waals surface area contributed by atoms with Crippen LogP contribution in [0.2, 0.25) is 0 Å². The molecule has 1 N–H and O–H groups in total. The molecule has 3 rings (SSSR count). The second kappa shape index (κ2) is 4.77. The van der Waals surface area contributed by atoms with Crippen molar-refractivity contribution in [3.05, 3.63) is 60.2 Å². The van der Waals surface area contributed by atoms with Gasteiger partial charge in [-0.05, 0) is 36.4 Å². The number of H-pyrrole nitrogens is 1. The topological polar surface area (TPSA) is 49.0 Å². The molecule has 0 atom stereocenters. The third-order valence-electron chi connectivity index (χ3n) is 3.17. The molecule has 0 unspecified atom stereocenters. The van der Waals surface area contributed by atoms with E-state index in [1.54, 1.807) is 43.7 Å². The summed E-state index contributed by atoms with van der Waals surface area (Å²) in [6, 6.07) is 11.2. The van der Waals surface area contributed by atoms with Gasteiger partial charge in [0.1, 0.15) is 5.82 Å². The van der Waals surface area contributed by atoms with Crippen molar-refractivity contribution in [2.24, 2.45) is 0 Å². The second-order valence-corrected chi connectivity index (χ2v) is 4.48. The number of hydrogen-bond acceptors (Lipinski definition) is 2. The van der Waals surface area contributed by atoms with E-state index in [4.69, 9.17) is 0 Å². The Balaban J connectivity index is 1.94. The fourth-order valence-electron chi connectivity index (χ4n) is 2.06. The van der Waals surface area contributed by atoms with Crippen molar-refractivity contribution in [3.8, 4) is 0 Å². The molecule has 0 saturated heterocycles. The molecule has 0 bridgehead atoms. The molecule has 0 aliphatic carbocycles. The fourth-order valence-corrected chi connectivity index (χ4v) is 2.06. The van der Waals surface area contributed by atoms with E-state index in [-0.39, 0.29) is 11.7 Å². The number of imidazole rings is 1. The van der Waals surface area contributed by atoms with Crippen LogP contribution in [0.15, 0.2) is 48.8 Å². The first-order chi connectivity index (χ1) is 9.65. The molecule has 0 aliphatic heterocycles. The molecule has 3 aromatic rings. The first-order valence-corrected chi connectivity index (χ1v) is 6.12. The molecule has 1 amide bonds. The van der Waals surface area contributed by atoms with Crippen LogP contribution in [-0.4, -0.2) is 22.9 Å². The first-order valence-electron chi connectivity index (χ1n) is 6.12. The Bertz CT molecular complexity index is 781. The molecule has 20 heavy (non-hydrogen) atoms. The zero-order valence-electron chi connectivity index (χ0n) is 10.8. The van der Waals surface area contributed by atoms with E-state index < -0.39 is 0 Å². The summed E-state index contributed by atoms with van der Waals surface area (Å²) in [5.74, 6) is -0.571. The van der Waals surface area contributed by atoms with Crippen molar-refractivity contribution in [1.29, 1.82) is 0 Å². The van der Waals surface area contributed by atoms with Gasteiger partial charge in [-0.15, -0.1) is 0 Å². The van der Waals surface area contributed by atoms with Crippen LogP contribution in [0.1, 0.15) is 10.4 Å². The lowest BCUT2D eigenvalue weighted by Gasteiger charge is -2.17. The smallest absolute Gasteiger partial charge is 0.258 e. The molecular formula is C15H12FN3O. The largest absolute Gasteiger partial charge is 0.345 e. The van der Waals surface area contributed by atoms with Gasteiger partial charge in [-0.2, -0.15) is 0 Å². The lowest BCUT2D eigenvalue weighted by molar-refractivity contribution is 0.0993. The summed E-state index contributed by atoms with van der Waals surface area (Å²) in [5.41, 5.74) is 2.63. The minimum Gasteiger partial charge on any atom is -0.345 e. The van der Waals surface area contributed by atoms with Crippen LogP contribution in [0.5, 0.6) is 0 Å². The standard InChI is InChI=1S/C15H12FN3O/c1-19(12-4-2-3-11(16)8-12)15(20)10-5-6-13-14(7-10)18-9-17-13/h2-9H,1H3,(H,17,18). The molecule has 1 aromatic heterocycles. The highest BCUT2D eigenvalue weighted by atomic mass is 19.1. The SMILES string of the molecule is CN(C(=O)c1ccc2nc[nH]c2c1)c1cccc(F)c1. The number of aromatic amines is 1. The molecule has 0 radical (unpaired) electrons. The Morgan fingerprint density at radius 3 is 2.90 bits per heavy atom. The second-order valence-electron chi connectivity index (χ2n) is 4.48. The molecule has 0 fully saturated rings. The van der Waals surface area contributed by atoms with E-state index in [0.29, 0.717) is 11.3 Å². The summed E-state index contributed by atoms with van der Waals surface area (Å²) in [6.45, 7) is 0. The fraction of sp³-hybridized carbons (Fsp3) is 0.0667. The van der Waals surface area contributed by atoms with Crippen LogP contribution >= 0.6 is 0 Å². The van der Waals surface area contributed by atoms with Crippen LogP contribution < -0.4 is 4.90 Å². The molecule has 2 aromatic carbocycles. The molecule has 0 saturated carbocycles. The number of nitrogens with zero attached hydrogens (tertiary/aromatic N) is 2. The third-order valence-corrected chi connectivity index (χ3v) is 3.17. The van der Waals surface area contributed by atoms with Gasteiger partial charge in [-0.1, -0.05) is 6.07 Å². The molecule has 100 valence electrons. The van der Waals surface area contributed by atoms with Crippen molar-refractivity contribution in [3.63, 3.8) is 0 Å². The van der Waals surface area contributed by atoms with Gasteiger partial charge in [0.25, 0.3) is 5.91 Å². The van der Waals surface area contributed by atoms with E-state index in [1.165, 1.54) is 17.0 Å². The molecule has 0 spiro atoms. The summed E-state index contributed by atoms with van der Waals surface area (Å²) in [6.07, 6.45) is 1.58. The first kappa shape index (κ1) is 12.3. The van der Waals surface area contributed by atoms with Gasteiger partial charge in [-0.25, -0.2) is 9.37 Å². The minimum absolute atomic E-state index is 0.202. The molecule has 1 heterocycles. The van der Waals surface area contributed by atoms with Crippen molar-refractivity contribution in [1.82, 2.24) is 9.97 Å². The molecular weight excluding hydrogens is 257 g/mol.